The largest absolute Gasteiger partial charge is 0.399 e. The van der Waals surface area contributed by atoms with Crippen LogP contribution < -0.4 is 5.73 Å². The summed E-state index contributed by atoms with van der Waals surface area (Å²) >= 11 is 0. The molecule has 2 aromatic carbocycles. The highest BCUT2D eigenvalue weighted by Crippen LogP contribution is 2.24. The van der Waals surface area contributed by atoms with Gasteiger partial charge in [-0.1, -0.05) is 12.1 Å². The summed E-state index contributed by atoms with van der Waals surface area (Å²) < 4.78 is 26.2. The van der Waals surface area contributed by atoms with Crippen LogP contribution in [-0.2, 0) is 0 Å². The predicted molar refractivity (Wildman–Crippen MR) is 55.0 cm³/mol. The van der Waals surface area contributed by atoms with Crippen molar-refractivity contribution >= 4 is 5.69 Å². The molecular weight excluding hydrogens is 196 g/mol. The molecule has 1 nitrogen and oxygen atoms in total. The van der Waals surface area contributed by atoms with Gasteiger partial charge >= 0.3 is 0 Å². The summed E-state index contributed by atoms with van der Waals surface area (Å²) in [6.07, 6.45) is 0. The molecule has 0 spiro atoms. The monoisotopic (exact) mass is 204 g/mol. The molecule has 0 bridgehead atoms. The molecule has 2 aromatic rings. The van der Waals surface area contributed by atoms with E-state index in [0.717, 1.165) is 12.1 Å². The predicted octanol–water partition coefficient (Wildman–Crippen LogP) is 3.01. The number of benzene rings is 2. The molecule has 0 saturated carbocycles. The lowest BCUT2D eigenvalue weighted by Gasteiger charge is -2.04. The minimum absolute atomic E-state index is 0.169. The Balaban J connectivity index is 2.58. The first-order chi connectivity index (χ1) is 7.16. The summed E-state index contributed by atoms with van der Waals surface area (Å²) in [5.74, 6) is -1.10. The minimum Gasteiger partial charge on any atom is -0.399 e. The van der Waals surface area contributed by atoms with E-state index in [1.54, 1.807) is 24.3 Å². The third-order valence-electron chi connectivity index (χ3n) is 2.05. The molecule has 3 heteroatoms. The first-order valence-corrected chi connectivity index (χ1v) is 4.39. The minimum atomic E-state index is -0.581. The first kappa shape index (κ1) is 9.65. The summed E-state index contributed by atoms with van der Waals surface area (Å²) in [5, 5.41) is 0. The van der Waals surface area contributed by atoms with E-state index < -0.39 is 11.6 Å². The molecule has 0 amide bonds. The maximum atomic E-state index is 13.3. The number of hydrogen-bond donors (Lipinski definition) is 1. The Morgan fingerprint density at radius 3 is 2.67 bits per heavy atom. The van der Waals surface area contributed by atoms with Gasteiger partial charge in [-0.2, -0.15) is 0 Å². The second kappa shape index (κ2) is 3.69. The van der Waals surface area contributed by atoms with Gasteiger partial charge < -0.3 is 5.73 Å². The Morgan fingerprint density at radius 1 is 1.13 bits per heavy atom. The fourth-order valence-corrected chi connectivity index (χ4v) is 1.37. The van der Waals surface area contributed by atoms with E-state index in [4.69, 9.17) is 5.73 Å². The highest BCUT2D eigenvalue weighted by atomic mass is 19.1. The maximum absolute atomic E-state index is 13.3. The van der Waals surface area contributed by atoms with Crippen LogP contribution in [0.15, 0.2) is 36.4 Å². The van der Waals surface area contributed by atoms with Gasteiger partial charge in [0.2, 0.25) is 0 Å². The Bertz CT molecular complexity index is 495. The number of nitrogens with two attached hydrogens (primary N) is 1. The van der Waals surface area contributed by atoms with Crippen LogP contribution in [0, 0.1) is 17.7 Å². The Kier molecular flexibility index (Phi) is 2.37. The molecule has 15 heavy (non-hydrogen) atoms. The number of nitrogen functional groups attached to an aromatic ring is 1. The van der Waals surface area contributed by atoms with Crippen molar-refractivity contribution in [3.63, 3.8) is 0 Å². The van der Waals surface area contributed by atoms with Gasteiger partial charge in [-0.15, -0.1) is 0 Å². The van der Waals surface area contributed by atoms with Gasteiger partial charge in [0.1, 0.15) is 11.6 Å². The van der Waals surface area contributed by atoms with Crippen molar-refractivity contribution in [2.24, 2.45) is 0 Å². The van der Waals surface area contributed by atoms with Crippen LogP contribution >= 0.6 is 0 Å². The van der Waals surface area contributed by atoms with Crippen molar-refractivity contribution in [3.8, 4) is 11.1 Å². The van der Waals surface area contributed by atoms with Crippen molar-refractivity contribution in [2.45, 2.75) is 0 Å². The van der Waals surface area contributed by atoms with Crippen molar-refractivity contribution in [2.75, 3.05) is 5.73 Å². The van der Waals surface area contributed by atoms with E-state index >= 15 is 0 Å². The summed E-state index contributed by atoms with van der Waals surface area (Å²) in [6, 6.07) is 10.9. The Morgan fingerprint density at radius 2 is 1.93 bits per heavy atom. The van der Waals surface area contributed by atoms with E-state index in [0.29, 0.717) is 11.3 Å². The van der Waals surface area contributed by atoms with Crippen LogP contribution in [0.25, 0.3) is 11.1 Å². The van der Waals surface area contributed by atoms with Gasteiger partial charge in [-0.05, 0) is 29.8 Å². The summed E-state index contributed by atoms with van der Waals surface area (Å²) in [5.41, 5.74) is 6.78. The molecular formula is C12H8F2N. The zero-order valence-corrected chi connectivity index (χ0v) is 7.80. The number of hydrogen-bond acceptors (Lipinski definition) is 1. The topological polar surface area (TPSA) is 26.0 Å². The average Bonchev–Trinajstić information content (AvgIpc) is 2.22. The maximum Gasteiger partial charge on any atom is 0.139 e. The van der Waals surface area contributed by atoms with Gasteiger partial charge in [0.15, 0.2) is 0 Å². The highest BCUT2D eigenvalue weighted by Gasteiger charge is 2.06. The molecule has 1 radical (unpaired) electrons. The highest BCUT2D eigenvalue weighted by molar-refractivity contribution is 5.67. The fraction of sp³-hybridized carbons (Fsp3) is 0. The molecule has 0 saturated heterocycles. The third-order valence-corrected chi connectivity index (χ3v) is 2.05. The molecule has 0 unspecified atom stereocenters. The zero-order chi connectivity index (χ0) is 10.8. The van der Waals surface area contributed by atoms with Crippen LogP contribution in [0.3, 0.4) is 0 Å². The average molecular weight is 204 g/mol. The smallest absolute Gasteiger partial charge is 0.139 e. The molecule has 0 atom stereocenters. The van der Waals surface area contributed by atoms with Crippen LogP contribution in [-0.4, -0.2) is 0 Å². The van der Waals surface area contributed by atoms with E-state index in [9.17, 15) is 8.78 Å². The van der Waals surface area contributed by atoms with Gasteiger partial charge in [0, 0.05) is 17.3 Å². The second-order valence-electron chi connectivity index (χ2n) is 3.17. The van der Waals surface area contributed by atoms with Gasteiger partial charge in [-0.25, -0.2) is 8.78 Å². The number of rotatable bonds is 1. The molecule has 0 aliphatic rings. The normalized spacial score (nSPS) is 10.3. The van der Waals surface area contributed by atoms with Gasteiger partial charge in [0.25, 0.3) is 0 Å². The summed E-state index contributed by atoms with van der Waals surface area (Å²) in [6.45, 7) is 0. The molecule has 2 rings (SSSR count). The van der Waals surface area contributed by atoms with Crippen molar-refractivity contribution in [1.29, 1.82) is 0 Å². The van der Waals surface area contributed by atoms with Crippen molar-refractivity contribution in [3.05, 3.63) is 54.1 Å². The number of anilines is 1. The lowest BCUT2D eigenvalue weighted by molar-refractivity contribution is 0.601. The van der Waals surface area contributed by atoms with Gasteiger partial charge in [-0.3, -0.25) is 0 Å². The molecule has 75 valence electrons. The Labute approximate surface area is 86.2 Å². The molecule has 0 aliphatic heterocycles. The SMILES string of the molecule is Nc1cccc(-c2cc(F)c[c]c2F)c1. The fourth-order valence-electron chi connectivity index (χ4n) is 1.37. The lowest BCUT2D eigenvalue weighted by atomic mass is 10.0. The second-order valence-corrected chi connectivity index (χ2v) is 3.17. The molecule has 0 fully saturated rings. The molecule has 0 aromatic heterocycles. The van der Waals surface area contributed by atoms with E-state index in [1.165, 1.54) is 0 Å². The van der Waals surface area contributed by atoms with Crippen LogP contribution in [0.4, 0.5) is 14.5 Å². The molecule has 0 aliphatic carbocycles. The molecule has 2 N–H and O–H groups in total. The third kappa shape index (κ3) is 1.96. The zero-order valence-electron chi connectivity index (χ0n) is 7.80. The lowest BCUT2D eigenvalue weighted by Crippen LogP contribution is -1.89. The van der Waals surface area contributed by atoms with Gasteiger partial charge in [0.05, 0.1) is 0 Å². The van der Waals surface area contributed by atoms with E-state index in [2.05, 4.69) is 6.07 Å². The number of halogens is 2. The standard InChI is InChI=1S/C12H8F2N/c13-9-4-5-12(14)11(7-9)8-2-1-3-10(15)6-8/h1-4,6-7H,15H2. The van der Waals surface area contributed by atoms with E-state index in [1.807, 2.05) is 0 Å². The van der Waals surface area contributed by atoms with Crippen molar-refractivity contribution < 1.29 is 8.78 Å². The van der Waals surface area contributed by atoms with Crippen LogP contribution in [0.1, 0.15) is 0 Å². The van der Waals surface area contributed by atoms with Crippen LogP contribution in [0.2, 0.25) is 0 Å². The Hall–Kier alpha value is -1.90. The first-order valence-electron chi connectivity index (χ1n) is 4.39. The van der Waals surface area contributed by atoms with E-state index in [-0.39, 0.29) is 5.56 Å². The summed E-state index contributed by atoms with van der Waals surface area (Å²) in [4.78, 5) is 0. The summed E-state index contributed by atoms with van der Waals surface area (Å²) in [7, 11) is 0. The van der Waals surface area contributed by atoms with Crippen molar-refractivity contribution in [1.82, 2.24) is 0 Å². The quantitative estimate of drug-likeness (QED) is 0.710. The van der Waals surface area contributed by atoms with Crippen LogP contribution in [0.5, 0.6) is 0 Å². The molecule has 0 heterocycles.